The van der Waals surface area contributed by atoms with Gasteiger partial charge in [-0.25, -0.2) is 9.38 Å². The molecule has 1 aromatic rings. The fourth-order valence-corrected chi connectivity index (χ4v) is 1.88. The molecule has 0 atom stereocenters. The molecule has 0 spiro atoms. The summed E-state index contributed by atoms with van der Waals surface area (Å²) in [6, 6.07) is 1.95. The molecule has 0 fully saturated rings. The monoisotopic (exact) mass is 371 g/mol. The summed E-state index contributed by atoms with van der Waals surface area (Å²) < 4.78 is 54.1. The molecule has 0 amide bonds. The van der Waals surface area contributed by atoms with Crippen LogP contribution in [0.1, 0.15) is 0 Å². The Hall–Kier alpha value is -1.47. The first-order chi connectivity index (χ1) is 9.26. The summed E-state index contributed by atoms with van der Waals surface area (Å²) in [6.07, 6.45) is -1.95. The molecule has 20 heavy (non-hydrogen) atoms. The zero-order valence-electron chi connectivity index (χ0n) is 9.76. The van der Waals surface area contributed by atoms with Gasteiger partial charge in [0.2, 0.25) is 0 Å². The molecule has 0 aliphatic heterocycles. The second kappa shape index (κ2) is 6.81. The van der Waals surface area contributed by atoms with E-state index in [-0.39, 0.29) is 9.64 Å². The molecule has 0 radical (unpaired) electrons. The molecule has 1 rings (SSSR count). The highest BCUT2D eigenvalue weighted by molar-refractivity contribution is 9.10. The Kier molecular flexibility index (Phi) is 5.64. The normalized spacial score (nSPS) is 11.9. The Balaban J connectivity index is 3.33. The van der Waals surface area contributed by atoms with Crippen molar-refractivity contribution in [2.24, 2.45) is 4.99 Å². The topological polar surface area (TPSA) is 57.4 Å². The van der Waals surface area contributed by atoms with Crippen LogP contribution in [-0.2, 0) is 0 Å². The SMILES string of the molecule is CSC(=Nc1cc(Br)cc(F)c1OC(F)(F)F)NC#N. The van der Waals surface area contributed by atoms with Crippen LogP contribution in [0.3, 0.4) is 0 Å². The summed E-state index contributed by atoms with van der Waals surface area (Å²) in [6.45, 7) is 0. The van der Waals surface area contributed by atoms with Crippen LogP contribution in [0, 0.1) is 17.3 Å². The van der Waals surface area contributed by atoms with Gasteiger partial charge in [-0.05, 0) is 18.4 Å². The van der Waals surface area contributed by atoms with E-state index in [1.165, 1.54) is 0 Å². The van der Waals surface area contributed by atoms with Crippen molar-refractivity contribution >= 4 is 38.5 Å². The maximum absolute atomic E-state index is 13.6. The average Bonchev–Trinajstić information content (AvgIpc) is 2.31. The Morgan fingerprint density at radius 2 is 2.15 bits per heavy atom. The van der Waals surface area contributed by atoms with Gasteiger partial charge in [0.25, 0.3) is 0 Å². The number of rotatable bonds is 2. The quantitative estimate of drug-likeness (QED) is 0.281. The first-order valence-corrected chi connectivity index (χ1v) is 6.81. The lowest BCUT2D eigenvalue weighted by atomic mass is 10.3. The molecule has 0 saturated heterocycles. The number of nitriles is 1. The summed E-state index contributed by atoms with van der Waals surface area (Å²) in [7, 11) is 0. The fraction of sp³-hybridized carbons (Fsp3) is 0.200. The predicted octanol–water partition coefficient (Wildman–Crippen LogP) is 3.91. The van der Waals surface area contributed by atoms with Gasteiger partial charge in [0, 0.05) is 4.47 Å². The van der Waals surface area contributed by atoms with Crippen molar-refractivity contribution in [3.8, 4) is 11.9 Å². The van der Waals surface area contributed by atoms with E-state index in [1.807, 2.05) is 0 Å². The molecule has 108 valence electrons. The standard InChI is InChI=1S/C10H6BrF4N3OS/c1-20-9(17-4-16)18-7-3-5(11)2-6(12)8(7)19-10(13,14)15/h2-3H,1H3,(H,17,18). The van der Waals surface area contributed by atoms with Crippen molar-refractivity contribution in [2.75, 3.05) is 6.26 Å². The Bertz CT molecular complexity index is 571. The maximum atomic E-state index is 13.6. The van der Waals surface area contributed by atoms with Crippen LogP contribution in [0.5, 0.6) is 5.75 Å². The van der Waals surface area contributed by atoms with Crippen LogP contribution < -0.4 is 10.1 Å². The predicted molar refractivity (Wildman–Crippen MR) is 70.1 cm³/mol. The molecule has 0 aromatic heterocycles. The van der Waals surface area contributed by atoms with Crippen LogP contribution in [0.4, 0.5) is 23.2 Å². The van der Waals surface area contributed by atoms with Crippen LogP contribution in [0.15, 0.2) is 21.6 Å². The van der Waals surface area contributed by atoms with Crippen molar-refractivity contribution in [3.63, 3.8) is 0 Å². The van der Waals surface area contributed by atoms with Crippen LogP contribution in [-0.4, -0.2) is 17.8 Å². The lowest BCUT2D eigenvalue weighted by Gasteiger charge is -2.12. The minimum absolute atomic E-state index is 0.00276. The first-order valence-electron chi connectivity index (χ1n) is 4.79. The first kappa shape index (κ1) is 16.6. The summed E-state index contributed by atoms with van der Waals surface area (Å²) in [5.74, 6) is -2.29. The molecule has 0 bridgehead atoms. The molecular weight excluding hydrogens is 366 g/mol. The molecule has 0 heterocycles. The largest absolute Gasteiger partial charge is 0.573 e. The third-order valence-electron chi connectivity index (χ3n) is 1.78. The molecule has 1 aromatic carbocycles. The van der Waals surface area contributed by atoms with Crippen LogP contribution in [0.2, 0.25) is 0 Å². The number of hydrogen-bond acceptors (Lipinski definition) is 4. The van der Waals surface area contributed by atoms with Crippen molar-refractivity contribution in [1.29, 1.82) is 5.26 Å². The van der Waals surface area contributed by atoms with E-state index in [9.17, 15) is 17.6 Å². The average molecular weight is 372 g/mol. The number of nitrogens with zero attached hydrogens (tertiary/aromatic N) is 2. The van der Waals surface area contributed by atoms with Gasteiger partial charge in [0.05, 0.1) is 0 Å². The highest BCUT2D eigenvalue weighted by atomic mass is 79.9. The van der Waals surface area contributed by atoms with E-state index in [4.69, 9.17) is 5.26 Å². The zero-order chi connectivity index (χ0) is 15.3. The summed E-state index contributed by atoms with van der Waals surface area (Å²) in [4.78, 5) is 3.72. The third-order valence-corrected chi connectivity index (χ3v) is 2.82. The van der Waals surface area contributed by atoms with Crippen molar-refractivity contribution in [2.45, 2.75) is 6.36 Å². The van der Waals surface area contributed by atoms with E-state index >= 15 is 0 Å². The van der Waals surface area contributed by atoms with Gasteiger partial charge in [-0.15, -0.1) is 13.2 Å². The van der Waals surface area contributed by atoms with E-state index in [2.05, 4.69) is 31.0 Å². The molecule has 0 unspecified atom stereocenters. The highest BCUT2D eigenvalue weighted by Crippen LogP contribution is 2.37. The Morgan fingerprint density at radius 3 is 2.65 bits per heavy atom. The summed E-state index contributed by atoms with van der Waals surface area (Å²) >= 11 is 3.91. The number of nitrogens with one attached hydrogen (secondary N) is 1. The van der Waals surface area contributed by atoms with Crippen molar-refractivity contribution in [3.05, 3.63) is 22.4 Å². The lowest BCUT2D eigenvalue weighted by Crippen LogP contribution is -2.18. The molecule has 4 nitrogen and oxygen atoms in total. The second-order valence-corrected chi connectivity index (χ2v) is 4.85. The number of thioether (sulfide) groups is 1. The molecule has 0 saturated carbocycles. The molecule has 10 heteroatoms. The third kappa shape index (κ3) is 4.90. The molecule has 1 N–H and O–H groups in total. The summed E-state index contributed by atoms with van der Waals surface area (Å²) in [5, 5.41) is 10.6. The Labute approximate surface area is 123 Å². The second-order valence-electron chi connectivity index (χ2n) is 3.14. The van der Waals surface area contributed by atoms with Gasteiger partial charge in [0.15, 0.2) is 22.9 Å². The number of ether oxygens (including phenoxy) is 1. The molecular formula is C10H6BrF4N3OS. The minimum Gasteiger partial charge on any atom is -0.400 e. The summed E-state index contributed by atoms with van der Waals surface area (Å²) in [5.41, 5.74) is -0.402. The van der Waals surface area contributed by atoms with Gasteiger partial charge in [-0.3, -0.25) is 5.32 Å². The van der Waals surface area contributed by atoms with E-state index in [0.29, 0.717) is 0 Å². The fourth-order valence-electron chi connectivity index (χ4n) is 1.13. The number of benzene rings is 1. The van der Waals surface area contributed by atoms with Crippen molar-refractivity contribution < 1.29 is 22.3 Å². The van der Waals surface area contributed by atoms with Crippen molar-refractivity contribution in [1.82, 2.24) is 5.32 Å². The van der Waals surface area contributed by atoms with Gasteiger partial charge in [0.1, 0.15) is 5.69 Å². The van der Waals surface area contributed by atoms with E-state index in [1.54, 1.807) is 12.4 Å². The zero-order valence-corrected chi connectivity index (χ0v) is 12.2. The van der Waals surface area contributed by atoms with E-state index < -0.39 is 23.6 Å². The minimum atomic E-state index is -5.05. The number of alkyl halides is 3. The van der Waals surface area contributed by atoms with Gasteiger partial charge in [-0.2, -0.15) is 5.26 Å². The molecule has 0 aliphatic rings. The van der Waals surface area contributed by atoms with Gasteiger partial charge < -0.3 is 4.74 Å². The van der Waals surface area contributed by atoms with Gasteiger partial charge in [-0.1, -0.05) is 27.7 Å². The smallest absolute Gasteiger partial charge is 0.400 e. The van der Waals surface area contributed by atoms with Gasteiger partial charge >= 0.3 is 6.36 Å². The Morgan fingerprint density at radius 1 is 1.50 bits per heavy atom. The molecule has 0 aliphatic carbocycles. The van der Waals surface area contributed by atoms with Crippen LogP contribution in [0.25, 0.3) is 0 Å². The lowest BCUT2D eigenvalue weighted by molar-refractivity contribution is -0.275. The van der Waals surface area contributed by atoms with Crippen LogP contribution >= 0.6 is 27.7 Å². The number of amidine groups is 1. The maximum Gasteiger partial charge on any atom is 0.573 e. The number of hydrogen-bond donors (Lipinski definition) is 1. The highest BCUT2D eigenvalue weighted by Gasteiger charge is 2.34. The number of halogens is 5. The number of aliphatic imine (C=N–C) groups is 1. The van der Waals surface area contributed by atoms with E-state index in [0.717, 1.165) is 23.9 Å².